The molecule has 1 atom stereocenters. The first-order valence-electron chi connectivity index (χ1n) is 8.35. The number of piperidine rings is 1. The molecule has 3 rings (SSSR count). The molecule has 1 aliphatic heterocycles. The van der Waals surface area contributed by atoms with E-state index in [0.29, 0.717) is 24.1 Å². The average Bonchev–Trinajstić information content (AvgIpc) is 2.62. The lowest BCUT2D eigenvalue weighted by Crippen LogP contribution is -2.41. The normalized spacial score (nSPS) is 17.4. The van der Waals surface area contributed by atoms with E-state index in [9.17, 15) is 4.79 Å². The number of anilines is 2. The maximum Gasteiger partial charge on any atom is 0.249 e. The number of nitrogens with zero attached hydrogens (tertiary/aromatic N) is 5. The van der Waals surface area contributed by atoms with Gasteiger partial charge in [-0.25, -0.2) is 19.9 Å². The van der Waals surface area contributed by atoms with Gasteiger partial charge in [0, 0.05) is 37.8 Å². The molecule has 0 saturated carbocycles. The number of carbonyl (C=O) groups excluding carboxylic acids is 1. The van der Waals surface area contributed by atoms with Crippen molar-refractivity contribution in [1.29, 1.82) is 0 Å². The van der Waals surface area contributed by atoms with Crippen molar-refractivity contribution in [3.63, 3.8) is 0 Å². The molecule has 0 unspecified atom stereocenters. The Morgan fingerprint density at radius 1 is 1.32 bits per heavy atom. The molecule has 0 spiro atoms. The summed E-state index contributed by atoms with van der Waals surface area (Å²) in [4.78, 5) is 31.6. The maximum atomic E-state index is 12.4. The van der Waals surface area contributed by atoms with Crippen molar-refractivity contribution in [3.05, 3.63) is 36.0 Å². The second kappa shape index (κ2) is 7.98. The molecule has 0 aromatic carbocycles. The Labute approximate surface area is 146 Å². The van der Waals surface area contributed by atoms with Gasteiger partial charge in [0.15, 0.2) is 5.82 Å². The van der Waals surface area contributed by atoms with Gasteiger partial charge < -0.3 is 15.0 Å². The first kappa shape index (κ1) is 17.2. The summed E-state index contributed by atoms with van der Waals surface area (Å²) < 4.78 is 5.01. The van der Waals surface area contributed by atoms with Crippen LogP contribution in [-0.4, -0.2) is 51.0 Å². The second-order valence-electron chi connectivity index (χ2n) is 5.98. The highest BCUT2D eigenvalue weighted by Gasteiger charge is 2.30. The van der Waals surface area contributed by atoms with Crippen LogP contribution in [0.15, 0.2) is 24.5 Å². The van der Waals surface area contributed by atoms with Crippen molar-refractivity contribution in [2.75, 3.05) is 25.6 Å². The molecule has 8 heteroatoms. The summed E-state index contributed by atoms with van der Waals surface area (Å²) >= 11 is 0. The number of hydrogen-bond acceptors (Lipinski definition) is 7. The van der Waals surface area contributed by atoms with Crippen LogP contribution in [0.1, 0.15) is 36.8 Å². The monoisotopic (exact) mass is 342 g/mol. The predicted octanol–water partition coefficient (Wildman–Crippen LogP) is 2.02. The fourth-order valence-electron chi connectivity index (χ4n) is 2.99. The highest BCUT2D eigenvalue weighted by atomic mass is 16.5. The number of carbonyl (C=O) groups is 1. The average molecular weight is 342 g/mol. The van der Waals surface area contributed by atoms with E-state index in [4.69, 9.17) is 4.74 Å². The van der Waals surface area contributed by atoms with E-state index in [1.54, 1.807) is 18.5 Å². The molecule has 1 fully saturated rings. The lowest BCUT2D eigenvalue weighted by Gasteiger charge is -2.34. The van der Waals surface area contributed by atoms with Gasteiger partial charge in [0.25, 0.3) is 0 Å². The Morgan fingerprint density at radius 3 is 2.88 bits per heavy atom. The maximum absolute atomic E-state index is 12.4. The van der Waals surface area contributed by atoms with Crippen LogP contribution in [0.5, 0.6) is 0 Å². The molecule has 2 aromatic heterocycles. The minimum absolute atomic E-state index is 0.0294. The molecular weight excluding hydrogens is 320 g/mol. The molecule has 132 valence electrons. The molecule has 1 amide bonds. The number of aryl methyl sites for hydroxylation is 1. The third kappa shape index (κ3) is 4.27. The van der Waals surface area contributed by atoms with E-state index < -0.39 is 0 Å². The van der Waals surface area contributed by atoms with Crippen LogP contribution in [0.25, 0.3) is 0 Å². The smallest absolute Gasteiger partial charge is 0.249 e. The number of ether oxygens (including phenoxy) is 1. The Morgan fingerprint density at radius 2 is 2.12 bits per heavy atom. The van der Waals surface area contributed by atoms with Crippen LogP contribution in [0.3, 0.4) is 0 Å². The van der Waals surface area contributed by atoms with Crippen molar-refractivity contribution in [2.45, 2.75) is 32.2 Å². The predicted molar refractivity (Wildman–Crippen MR) is 92.3 cm³/mol. The topological polar surface area (TPSA) is 93.1 Å². The summed E-state index contributed by atoms with van der Waals surface area (Å²) in [6, 6.07) is 3.46. The van der Waals surface area contributed by atoms with Crippen molar-refractivity contribution in [3.8, 4) is 0 Å². The first-order chi connectivity index (χ1) is 12.2. The summed E-state index contributed by atoms with van der Waals surface area (Å²) in [7, 11) is 1.53. The molecule has 8 nitrogen and oxygen atoms in total. The third-order valence-corrected chi connectivity index (χ3v) is 4.07. The molecule has 1 aliphatic rings. The highest BCUT2D eigenvalue weighted by Crippen LogP contribution is 2.30. The number of hydrogen-bond donors (Lipinski definition) is 1. The highest BCUT2D eigenvalue weighted by molar-refractivity contribution is 5.78. The van der Waals surface area contributed by atoms with Gasteiger partial charge in [-0.3, -0.25) is 4.79 Å². The molecule has 0 aliphatic carbocycles. The molecular formula is C17H22N6O2. The summed E-state index contributed by atoms with van der Waals surface area (Å²) in [5.74, 6) is 1.71. The van der Waals surface area contributed by atoms with Crippen LogP contribution >= 0.6 is 0 Å². The van der Waals surface area contributed by atoms with Crippen LogP contribution in [0.4, 0.5) is 11.8 Å². The SMILES string of the molecule is COCC(=O)N1CCCC[C@@H]1c1nc(C)cc(Nc2ncccn2)n1. The lowest BCUT2D eigenvalue weighted by molar-refractivity contribution is -0.139. The molecule has 0 bridgehead atoms. The van der Waals surface area contributed by atoms with Crippen molar-refractivity contribution in [2.24, 2.45) is 0 Å². The fourth-order valence-corrected chi connectivity index (χ4v) is 2.99. The molecule has 3 heterocycles. The van der Waals surface area contributed by atoms with Gasteiger partial charge in [0.1, 0.15) is 12.4 Å². The number of aromatic nitrogens is 4. The summed E-state index contributed by atoms with van der Waals surface area (Å²) in [6.07, 6.45) is 6.21. The largest absolute Gasteiger partial charge is 0.375 e. The van der Waals surface area contributed by atoms with E-state index in [0.717, 1.165) is 25.0 Å². The Kier molecular flexibility index (Phi) is 5.49. The standard InChI is InChI=1S/C17H22N6O2/c1-12-10-14(22-17-18-7-5-8-19-17)21-16(20-12)13-6-3-4-9-23(13)15(24)11-25-2/h5,7-8,10,13H,3-4,6,9,11H2,1-2H3,(H,18,19,20,21,22)/t13-/m1/s1. The molecule has 0 radical (unpaired) electrons. The zero-order valence-electron chi connectivity index (χ0n) is 14.5. The fraction of sp³-hybridized carbons (Fsp3) is 0.471. The van der Waals surface area contributed by atoms with Gasteiger partial charge in [0.05, 0.1) is 6.04 Å². The van der Waals surface area contributed by atoms with E-state index >= 15 is 0 Å². The van der Waals surface area contributed by atoms with Crippen LogP contribution in [0.2, 0.25) is 0 Å². The molecule has 2 aromatic rings. The number of likely N-dealkylation sites (tertiary alicyclic amines) is 1. The van der Waals surface area contributed by atoms with E-state index in [1.165, 1.54) is 7.11 Å². The van der Waals surface area contributed by atoms with Crippen LogP contribution < -0.4 is 5.32 Å². The second-order valence-corrected chi connectivity index (χ2v) is 5.98. The van der Waals surface area contributed by atoms with Crippen LogP contribution in [0, 0.1) is 6.92 Å². The molecule has 1 N–H and O–H groups in total. The number of rotatable bonds is 5. The summed E-state index contributed by atoms with van der Waals surface area (Å²) in [5.41, 5.74) is 0.827. The van der Waals surface area contributed by atoms with Gasteiger partial charge >= 0.3 is 0 Å². The lowest BCUT2D eigenvalue weighted by atomic mass is 10.0. The van der Waals surface area contributed by atoms with Gasteiger partial charge in [0.2, 0.25) is 11.9 Å². The molecule has 1 saturated heterocycles. The van der Waals surface area contributed by atoms with Gasteiger partial charge in [-0.1, -0.05) is 0 Å². The zero-order chi connectivity index (χ0) is 17.6. The number of nitrogens with one attached hydrogen (secondary N) is 1. The van der Waals surface area contributed by atoms with E-state index in [-0.39, 0.29) is 18.6 Å². The Hall–Kier alpha value is -2.61. The summed E-state index contributed by atoms with van der Waals surface area (Å²) in [6.45, 7) is 2.69. The van der Waals surface area contributed by atoms with Gasteiger partial charge in [-0.2, -0.15) is 0 Å². The Balaban J connectivity index is 1.86. The number of amides is 1. The Bertz CT molecular complexity index is 724. The van der Waals surface area contributed by atoms with E-state index in [1.807, 2.05) is 17.9 Å². The quantitative estimate of drug-likeness (QED) is 0.888. The van der Waals surface area contributed by atoms with Crippen molar-refractivity contribution >= 4 is 17.7 Å². The van der Waals surface area contributed by atoms with Gasteiger partial charge in [-0.05, 0) is 32.3 Å². The van der Waals surface area contributed by atoms with E-state index in [2.05, 4.69) is 25.3 Å². The van der Waals surface area contributed by atoms with Crippen LogP contribution in [-0.2, 0) is 9.53 Å². The molecule has 25 heavy (non-hydrogen) atoms. The van der Waals surface area contributed by atoms with Gasteiger partial charge in [-0.15, -0.1) is 0 Å². The number of methoxy groups -OCH3 is 1. The minimum atomic E-state index is -0.131. The van der Waals surface area contributed by atoms with Crippen molar-refractivity contribution in [1.82, 2.24) is 24.8 Å². The third-order valence-electron chi connectivity index (χ3n) is 4.07. The zero-order valence-corrected chi connectivity index (χ0v) is 14.5. The summed E-state index contributed by atoms with van der Waals surface area (Å²) in [5, 5.41) is 3.09. The first-order valence-corrected chi connectivity index (χ1v) is 8.35. The minimum Gasteiger partial charge on any atom is -0.375 e. The van der Waals surface area contributed by atoms with Crippen molar-refractivity contribution < 1.29 is 9.53 Å².